The minimum absolute atomic E-state index is 0.294. The van der Waals surface area contributed by atoms with E-state index in [1.165, 1.54) is 19.2 Å². The van der Waals surface area contributed by atoms with E-state index in [4.69, 9.17) is 5.73 Å². The Labute approximate surface area is 89.7 Å². The van der Waals surface area contributed by atoms with Gasteiger partial charge in [0.25, 0.3) is 0 Å². The van der Waals surface area contributed by atoms with Crippen LogP contribution in [0.1, 0.15) is 5.56 Å². The molecule has 0 saturated carbocycles. The molecule has 3 nitrogen and oxygen atoms in total. The van der Waals surface area contributed by atoms with Crippen LogP contribution < -0.4 is 5.73 Å². The average Bonchev–Trinajstić information content (AvgIpc) is 2.22. The molecule has 0 aromatic heterocycles. The Hall–Kier alpha value is -0.940. The van der Waals surface area contributed by atoms with E-state index >= 15 is 0 Å². The second-order valence-corrected chi connectivity index (χ2v) is 5.83. The molecule has 0 aliphatic rings. The standard InChI is InChI=1S/C10H15FN2OS/c1-13-15(14,7-6-12)8-9-2-4-10(11)5-3-9/h2-5H,6-8,12H2,1H3. The van der Waals surface area contributed by atoms with Gasteiger partial charge in [0.1, 0.15) is 5.82 Å². The number of rotatable bonds is 4. The maximum atomic E-state index is 12.6. The predicted octanol–water partition coefficient (Wildman–Crippen LogP) is 1.38. The van der Waals surface area contributed by atoms with Gasteiger partial charge < -0.3 is 5.73 Å². The zero-order chi connectivity index (χ0) is 11.3. The largest absolute Gasteiger partial charge is 0.330 e. The Morgan fingerprint density at radius 1 is 1.40 bits per heavy atom. The molecule has 0 fully saturated rings. The minimum Gasteiger partial charge on any atom is -0.330 e. The van der Waals surface area contributed by atoms with Gasteiger partial charge in [0.2, 0.25) is 0 Å². The number of halogens is 1. The highest BCUT2D eigenvalue weighted by atomic mass is 32.2. The minimum atomic E-state index is -2.27. The van der Waals surface area contributed by atoms with Crippen LogP contribution in [-0.2, 0) is 15.5 Å². The van der Waals surface area contributed by atoms with Crippen molar-refractivity contribution in [3.63, 3.8) is 0 Å². The van der Waals surface area contributed by atoms with E-state index in [2.05, 4.69) is 4.36 Å². The van der Waals surface area contributed by atoms with E-state index in [0.29, 0.717) is 18.1 Å². The summed E-state index contributed by atoms with van der Waals surface area (Å²) in [5, 5.41) is 0. The molecule has 5 heteroatoms. The van der Waals surface area contributed by atoms with Gasteiger partial charge >= 0.3 is 0 Å². The molecule has 0 spiro atoms. The van der Waals surface area contributed by atoms with Crippen LogP contribution in [0.2, 0.25) is 0 Å². The third kappa shape index (κ3) is 3.60. The van der Waals surface area contributed by atoms with Crippen LogP contribution in [0.5, 0.6) is 0 Å². The maximum Gasteiger partial charge on any atom is 0.123 e. The summed E-state index contributed by atoms with van der Waals surface area (Å²) < 4.78 is 28.6. The second-order valence-electron chi connectivity index (χ2n) is 3.22. The molecule has 0 radical (unpaired) electrons. The quantitative estimate of drug-likeness (QED) is 0.849. The fraction of sp³-hybridized carbons (Fsp3) is 0.400. The summed E-state index contributed by atoms with van der Waals surface area (Å²) in [5.74, 6) is 0.416. The lowest BCUT2D eigenvalue weighted by molar-refractivity contribution is 0.627. The van der Waals surface area contributed by atoms with Gasteiger partial charge in [0, 0.05) is 19.3 Å². The van der Waals surface area contributed by atoms with Gasteiger partial charge in [-0.1, -0.05) is 12.1 Å². The lowest BCUT2D eigenvalue weighted by atomic mass is 10.2. The van der Waals surface area contributed by atoms with Gasteiger partial charge in [-0.15, -0.1) is 0 Å². The van der Waals surface area contributed by atoms with Gasteiger partial charge in [-0.25, -0.2) is 13.0 Å². The molecule has 0 bridgehead atoms. The zero-order valence-electron chi connectivity index (χ0n) is 8.65. The predicted molar refractivity (Wildman–Crippen MR) is 60.5 cm³/mol. The molecule has 1 aromatic rings. The summed E-state index contributed by atoms with van der Waals surface area (Å²) in [6, 6.07) is 5.95. The molecular weight excluding hydrogens is 215 g/mol. The number of nitrogens with zero attached hydrogens (tertiary/aromatic N) is 1. The highest BCUT2D eigenvalue weighted by Crippen LogP contribution is 2.09. The topological polar surface area (TPSA) is 55.5 Å². The number of hydrogen-bond acceptors (Lipinski definition) is 3. The summed E-state index contributed by atoms with van der Waals surface area (Å²) >= 11 is 0. The SMILES string of the molecule is CN=S(=O)(CCN)Cc1ccc(F)cc1. The molecule has 0 saturated heterocycles. The summed E-state index contributed by atoms with van der Waals surface area (Å²) in [6.45, 7) is 0.345. The van der Waals surface area contributed by atoms with Crippen molar-refractivity contribution in [3.8, 4) is 0 Å². The van der Waals surface area contributed by atoms with E-state index in [9.17, 15) is 8.60 Å². The van der Waals surface area contributed by atoms with Gasteiger partial charge in [-0.05, 0) is 17.7 Å². The molecule has 1 unspecified atom stereocenters. The van der Waals surface area contributed by atoms with Crippen LogP contribution in [0.15, 0.2) is 28.6 Å². The van der Waals surface area contributed by atoms with Crippen LogP contribution in [0.3, 0.4) is 0 Å². The molecular formula is C10H15FN2OS. The number of benzene rings is 1. The monoisotopic (exact) mass is 230 g/mol. The molecule has 1 atom stereocenters. The molecule has 2 N–H and O–H groups in total. The van der Waals surface area contributed by atoms with E-state index < -0.39 is 9.73 Å². The zero-order valence-corrected chi connectivity index (χ0v) is 9.47. The highest BCUT2D eigenvalue weighted by Gasteiger charge is 2.08. The smallest absolute Gasteiger partial charge is 0.123 e. The van der Waals surface area contributed by atoms with E-state index in [1.807, 2.05) is 0 Å². The normalized spacial score (nSPS) is 14.6. The highest BCUT2D eigenvalue weighted by molar-refractivity contribution is 7.92. The van der Waals surface area contributed by atoms with Crippen LogP contribution in [0.25, 0.3) is 0 Å². The first kappa shape index (κ1) is 12.1. The van der Waals surface area contributed by atoms with Crippen molar-refractivity contribution < 1.29 is 8.60 Å². The molecule has 0 aliphatic heterocycles. The fourth-order valence-electron chi connectivity index (χ4n) is 1.25. The Morgan fingerprint density at radius 2 is 2.00 bits per heavy atom. The number of nitrogens with two attached hydrogens (primary N) is 1. The van der Waals surface area contributed by atoms with Crippen LogP contribution in [-0.4, -0.2) is 23.6 Å². The van der Waals surface area contributed by atoms with Crippen LogP contribution in [0, 0.1) is 5.82 Å². The Bertz CT molecular complexity index is 422. The first-order valence-corrected chi connectivity index (χ1v) is 6.50. The molecule has 1 rings (SSSR count). The first-order valence-electron chi connectivity index (χ1n) is 4.65. The Balaban J connectivity index is 2.85. The lowest BCUT2D eigenvalue weighted by Crippen LogP contribution is -2.17. The third-order valence-corrected chi connectivity index (χ3v) is 4.40. The third-order valence-electron chi connectivity index (χ3n) is 2.08. The molecule has 15 heavy (non-hydrogen) atoms. The number of hydrogen-bond donors (Lipinski definition) is 1. The van der Waals surface area contributed by atoms with Crippen molar-refractivity contribution in [1.82, 2.24) is 0 Å². The molecule has 0 aliphatic carbocycles. The fourth-order valence-corrected chi connectivity index (χ4v) is 2.79. The van der Waals surface area contributed by atoms with Crippen molar-refractivity contribution >= 4 is 9.73 Å². The van der Waals surface area contributed by atoms with E-state index in [0.717, 1.165) is 5.56 Å². The van der Waals surface area contributed by atoms with Crippen LogP contribution in [0.4, 0.5) is 4.39 Å². The molecule has 84 valence electrons. The van der Waals surface area contributed by atoms with Gasteiger partial charge in [0.15, 0.2) is 0 Å². The summed E-state index contributed by atoms with van der Waals surface area (Å²) in [6.07, 6.45) is 0. The first-order chi connectivity index (χ1) is 7.09. The van der Waals surface area contributed by atoms with Crippen molar-refractivity contribution in [1.29, 1.82) is 0 Å². The summed E-state index contributed by atoms with van der Waals surface area (Å²) in [7, 11) is -0.736. The summed E-state index contributed by atoms with van der Waals surface area (Å²) in [5.41, 5.74) is 6.19. The second kappa shape index (κ2) is 5.23. The average molecular weight is 230 g/mol. The van der Waals surface area contributed by atoms with Crippen molar-refractivity contribution in [3.05, 3.63) is 35.6 Å². The van der Waals surface area contributed by atoms with Gasteiger partial charge in [-0.2, -0.15) is 0 Å². The van der Waals surface area contributed by atoms with Crippen molar-refractivity contribution in [2.75, 3.05) is 19.3 Å². The maximum absolute atomic E-state index is 12.6. The Morgan fingerprint density at radius 3 is 2.47 bits per heavy atom. The lowest BCUT2D eigenvalue weighted by Gasteiger charge is -2.07. The van der Waals surface area contributed by atoms with Crippen molar-refractivity contribution in [2.24, 2.45) is 10.1 Å². The van der Waals surface area contributed by atoms with E-state index in [-0.39, 0.29) is 5.82 Å². The van der Waals surface area contributed by atoms with Crippen molar-refractivity contribution in [2.45, 2.75) is 5.75 Å². The van der Waals surface area contributed by atoms with Gasteiger partial charge in [0.05, 0.1) is 15.5 Å². The van der Waals surface area contributed by atoms with Gasteiger partial charge in [-0.3, -0.25) is 0 Å². The summed E-state index contributed by atoms with van der Waals surface area (Å²) in [4.78, 5) is 0. The molecule has 0 heterocycles. The van der Waals surface area contributed by atoms with Crippen LogP contribution >= 0.6 is 0 Å². The Kier molecular flexibility index (Phi) is 4.23. The molecule has 0 amide bonds. The van der Waals surface area contributed by atoms with E-state index in [1.54, 1.807) is 12.1 Å². The molecule has 1 aromatic carbocycles.